The van der Waals surface area contributed by atoms with Gasteiger partial charge in [0, 0.05) is 25.3 Å². The van der Waals surface area contributed by atoms with Crippen LogP contribution >= 0.6 is 0 Å². The lowest BCUT2D eigenvalue weighted by molar-refractivity contribution is 0.0601. The molecule has 24 heavy (non-hydrogen) atoms. The third kappa shape index (κ3) is 3.10. The fraction of sp³-hybridized carbons (Fsp3) is 0.176. The third-order valence-electron chi connectivity index (χ3n) is 3.57. The molecule has 0 spiro atoms. The predicted octanol–water partition coefficient (Wildman–Crippen LogP) is 2.18. The second kappa shape index (κ2) is 6.49. The largest absolute Gasteiger partial charge is 0.465 e. The second-order valence-corrected chi connectivity index (χ2v) is 5.38. The van der Waals surface area contributed by atoms with E-state index in [4.69, 9.17) is 0 Å². The Morgan fingerprint density at radius 2 is 1.71 bits per heavy atom. The van der Waals surface area contributed by atoms with E-state index in [1.54, 1.807) is 24.3 Å². The molecule has 3 aromatic rings. The maximum Gasteiger partial charge on any atom is 0.337 e. The van der Waals surface area contributed by atoms with Gasteiger partial charge >= 0.3 is 5.97 Å². The molecule has 0 amide bonds. The van der Waals surface area contributed by atoms with Gasteiger partial charge in [0.05, 0.1) is 18.4 Å². The second-order valence-electron chi connectivity index (χ2n) is 5.38. The first-order valence-electron chi connectivity index (χ1n) is 7.35. The lowest BCUT2D eigenvalue weighted by Gasteiger charge is -2.12. The minimum atomic E-state index is -0.376. The van der Waals surface area contributed by atoms with Crippen LogP contribution in [0, 0.1) is 0 Å². The Kier molecular flexibility index (Phi) is 4.24. The van der Waals surface area contributed by atoms with Crippen LogP contribution in [0.1, 0.15) is 10.4 Å². The molecule has 122 valence electrons. The van der Waals surface area contributed by atoms with Crippen LogP contribution in [-0.2, 0) is 4.74 Å². The molecule has 7 heteroatoms. The molecule has 1 aromatic heterocycles. The summed E-state index contributed by atoms with van der Waals surface area (Å²) in [6.45, 7) is 0. The van der Waals surface area contributed by atoms with Gasteiger partial charge in [-0.15, -0.1) is 15.0 Å². The molecule has 0 bridgehead atoms. The first-order chi connectivity index (χ1) is 11.6. The molecule has 0 aliphatic rings. The van der Waals surface area contributed by atoms with Crippen molar-refractivity contribution in [2.45, 2.75) is 0 Å². The zero-order chi connectivity index (χ0) is 17.1. The summed E-state index contributed by atoms with van der Waals surface area (Å²) < 4.78 is 4.68. The minimum absolute atomic E-state index is 0.376. The van der Waals surface area contributed by atoms with Crippen molar-refractivity contribution in [2.24, 2.45) is 0 Å². The van der Waals surface area contributed by atoms with Gasteiger partial charge in [-0.05, 0) is 41.6 Å². The molecule has 2 aromatic carbocycles. The molecule has 0 N–H and O–H groups in total. The number of hydrogen-bond donors (Lipinski definition) is 0. The molecule has 0 aliphatic carbocycles. The molecule has 0 saturated carbocycles. The van der Waals surface area contributed by atoms with Crippen LogP contribution in [0.15, 0.2) is 48.5 Å². The van der Waals surface area contributed by atoms with Crippen molar-refractivity contribution in [3.8, 4) is 17.1 Å². The van der Waals surface area contributed by atoms with Crippen molar-refractivity contribution < 1.29 is 9.53 Å². The Bertz CT molecular complexity index is 838. The average molecular weight is 323 g/mol. The lowest BCUT2D eigenvalue weighted by atomic mass is 10.1. The van der Waals surface area contributed by atoms with Gasteiger partial charge in [-0.25, -0.2) is 4.79 Å². The molecule has 3 rings (SSSR count). The Morgan fingerprint density at radius 1 is 1.04 bits per heavy atom. The van der Waals surface area contributed by atoms with E-state index in [0.717, 1.165) is 16.9 Å². The molecule has 0 fully saturated rings. The topological polar surface area (TPSA) is 73.1 Å². The van der Waals surface area contributed by atoms with Crippen molar-refractivity contribution >= 4 is 11.7 Å². The van der Waals surface area contributed by atoms with Crippen molar-refractivity contribution in [2.75, 3.05) is 26.1 Å². The molecule has 0 unspecified atom stereocenters. The van der Waals surface area contributed by atoms with E-state index in [9.17, 15) is 4.79 Å². The SMILES string of the molecule is COC(=O)c1ccc(-c2nnn(-c3ccc(N(C)C)cc3)n2)cc1. The Hall–Kier alpha value is -3.22. The zero-order valence-corrected chi connectivity index (χ0v) is 13.7. The smallest absolute Gasteiger partial charge is 0.337 e. The molecule has 0 aliphatic heterocycles. The fourth-order valence-electron chi connectivity index (χ4n) is 2.20. The molecule has 0 atom stereocenters. The Morgan fingerprint density at radius 3 is 2.29 bits per heavy atom. The van der Waals surface area contributed by atoms with Crippen molar-refractivity contribution in [1.29, 1.82) is 0 Å². The van der Waals surface area contributed by atoms with Gasteiger partial charge in [0.25, 0.3) is 0 Å². The highest BCUT2D eigenvalue weighted by molar-refractivity contribution is 5.89. The average Bonchev–Trinajstić information content (AvgIpc) is 3.11. The van der Waals surface area contributed by atoms with E-state index in [1.165, 1.54) is 11.9 Å². The third-order valence-corrected chi connectivity index (χ3v) is 3.57. The van der Waals surface area contributed by atoms with Gasteiger partial charge in [0.2, 0.25) is 5.82 Å². The highest BCUT2D eigenvalue weighted by Crippen LogP contribution is 2.17. The monoisotopic (exact) mass is 323 g/mol. The van der Waals surface area contributed by atoms with Crippen LogP contribution in [0.5, 0.6) is 0 Å². The van der Waals surface area contributed by atoms with Crippen LogP contribution in [0.25, 0.3) is 17.1 Å². The Balaban J connectivity index is 1.83. The van der Waals surface area contributed by atoms with Crippen LogP contribution < -0.4 is 4.90 Å². The number of carbonyl (C=O) groups excluding carboxylic acids is 1. The van der Waals surface area contributed by atoms with E-state index < -0.39 is 0 Å². The normalized spacial score (nSPS) is 10.5. The van der Waals surface area contributed by atoms with E-state index >= 15 is 0 Å². The minimum Gasteiger partial charge on any atom is -0.465 e. The molecule has 0 radical (unpaired) electrons. The number of aromatic nitrogens is 4. The van der Waals surface area contributed by atoms with E-state index in [-0.39, 0.29) is 5.97 Å². The van der Waals surface area contributed by atoms with Crippen molar-refractivity contribution in [1.82, 2.24) is 20.2 Å². The number of tetrazole rings is 1. The lowest BCUT2D eigenvalue weighted by Crippen LogP contribution is -2.08. The maximum atomic E-state index is 11.5. The summed E-state index contributed by atoms with van der Waals surface area (Å²) in [6, 6.07) is 14.7. The summed E-state index contributed by atoms with van der Waals surface area (Å²) in [5.74, 6) is 0.113. The first-order valence-corrected chi connectivity index (χ1v) is 7.35. The van der Waals surface area contributed by atoms with Gasteiger partial charge in [-0.2, -0.15) is 0 Å². The van der Waals surface area contributed by atoms with Gasteiger partial charge < -0.3 is 9.64 Å². The highest BCUT2D eigenvalue weighted by atomic mass is 16.5. The van der Waals surface area contributed by atoms with Crippen molar-refractivity contribution in [3.63, 3.8) is 0 Å². The van der Waals surface area contributed by atoms with E-state index in [1.807, 2.05) is 43.3 Å². The number of ether oxygens (including phenoxy) is 1. The number of rotatable bonds is 4. The van der Waals surface area contributed by atoms with Gasteiger partial charge in [0.15, 0.2) is 0 Å². The predicted molar refractivity (Wildman–Crippen MR) is 90.3 cm³/mol. The standard InChI is InChI=1S/C17H17N5O2/c1-21(2)14-8-10-15(11-9-14)22-19-16(18-20-22)12-4-6-13(7-5-12)17(23)24-3/h4-11H,1-3H3. The molecule has 0 saturated heterocycles. The summed E-state index contributed by atoms with van der Waals surface area (Å²) >= 11 is 0. The molecular formula is C17H17N5O2. The summed E-state index contributed by atoms with van der Waals surface area (Å²) in [4.78, 5) is 14.9. The number of hydrogen-bond acceptors (Lipinski definition) is 6. The summed E-state index contributed by atoms with van der Waals surface area (Å²) in [5, 5.41) is 12.5. The number of carbonyl (C=O) groups is 1. The van der Waals surface area contributed by atoms with Gasteiger partial charge in [-0.3, -0.25) is 0 Å². The van der Waals surface area contributed by atoms with E-state index in [2.05, 4.69) is 20.1 Å². The molecular weight excluding hydrogens is 306 g/mol. The zero-order valence-electron chi connectivity index (χ0n) is 13.7. The fourth-order valence-corrected chi connectivity index (χ4v) is 2.20. The Labute approximate surface area is 139 Å². The molecule has 7 nitrogen and oxygen atoms in total. The van der Waals surface area contributed by atoms with Crippen LogP contribution in [0.3, 0.4) is 0 Å². The summed E-state index contributed by atoms with van der Waals surface area (Å²) in [5.41, 5.74) is 3.18. The number of esters is 1. The highest BCUT2D eigenvalue weighted by Gasteiger charge is 2.10. The number of nitrogens with zero attached hydrogens (tertiary/aromatic N) is 5. The summed E-state index contributed by atoms with van der Waals surface area (Å²) in [7, 11) is 5.32. The number of anilines is 1. The maximum absolute atomic E-state index is 11.5. The number of benzene rings is 2. The van der Waals surface area contributed by atoms with Crippen LogP contribution in [0.2, 0.25) is 0 Å². The van der Waals surface area contributed by atoms with Gasteiger partial charge in [0.1, 0.15) is 0 Å². The first kappa shape index (κ1) is 15.7. The quantitative estimate of drug-likeness (QED) is 0.685. The molecule has 1 heterocycles. The van der Waals surface area contributed by atoms with E-state index in [0.29, 0.717) is 11.4 Å². The van der Waals surface area contributed by atoms with Crippen LogP contribution in [-0.4, -0.2) is 47.4 Å². The summed E-state index contributed by atoms with van der Waals surface area (Å²) in [6.07, 6.45) is 0. The number of methoxy groups -OCH3 is 1. The van der Waals surface area contributed by atoms with Gasteiger partial charge in [-0.1, -0.05) is 12.1 Å². The van der Waals surface area contributed by atoms with Crippen LogP contribution in [0.4, 0.5) is 5.69 Å². The van der Waals surface area contributed by atoms with Crippen molar-refractivity contribution in [3.05, 3.63) is 54.1 Å².